The van der Waals surface area contributed by atoms with E-state index in [1.807, 2.05) is 0 Å². The quantitative estimate of drug-likeness (QED) is 0.525. The van der Waals surface area contributed by atoms with Crippen LogP contribution in [0.3, 0.4) is 0 Å². The van der Waals surface area contributed by atoms with Gasteiger partial charge in [-0.2, -0.15) is 0 Å². The maximum atomic E-state index is 12.4. The Labute approximate surface area is 108 Å². The summed E-state index contributed by atoms with van der Waals surface area (Å²) in [5.74, 6) is -0.184. The van der Waals surface area contributed by atoms with Crippen molar-refractivity contribution in [3.8, 4) is 0 Å². The van der Waals surface area contributed by atoms with Gasteiger partial charge in [0.1, 0.15) is 5.82 Å². The van der Waals surface area contributed by atoms with Crippen LogP contribution >= 0.6 is 0 Å². The van der Waals surface area contributed by atoms with Gasteiger partial charge in [-0.05, 0) is 30.5 Å². The largest absolute Gasteiger partial charge is 1.00 e. The maximum absolute atomic E-state index is 12.4. The summed E-state index contributed by atoms with van der Waals surface area (Å²) in [6, 6.07) is 6.51. The zero-order valence-electron chi connectivity index (χ0n) is 7.39. The Balaban J connectivity index is 0. The summed E-state index contributed by atoms with van der Waals surface area (Å²) in [5.41, 5.74) is 1.13. The van der Waals surface area contributed by atoms with Gasteiger partial charge >= 0.3 is 0 Å². The normalized spacial score (nSPS) is 8.08. The molecule has 0 unspecified atom stereocenters. The van der Waals surface area contributed by atoms with Gasteiger partial charge < -0.3 is 24.0 Å². The van der Waals surface area contributed by atoms with Crippen molar-refractivity contribution in [3.63, 3.8) is 0 Å². The van der Waals surface area contributed by atoms with Crippen molar-refractivity contribution < 1.29 is 47.8 Å². The smallest absolute Gasteiger partial charge is 0.123 e. The minimum atomic E-state index is -0.184. The first-order chi connectivity index (χ1) is 5.33. The van der Waals surface area contributed by atoms with Crippen molar-refractivity contribution in [1.29, 1.82) is 0 Å². The monoisotopic (exact) mass is 340 g/mol. The molecule has 0 atom stereocenters. The van der Waals surface area contributed by atoms with Crippen molar-refractivity contribution in [2.45, 2.75) is 12.8 Å². The molecule has 0 N–H and O–H groups in total. The van der Waals surface area contributed by atoms with Crippen LogP contribution in [-0.4, -0.2) is 0 Å². The molecule has 1 radical (unpaired) electrons. The second kappa shape index (κ2) is 8.82. The van der Waals surface area contributed by atoms with Crippen LogP contribution in [0.1, 0.15) is 12.0 Å². The number of rotatable bonds is 3. The molecule has 0 nitrogen and oxygen atoms in total. The van der Waals surface area contributed by atoms with Gasteiger partial charge in [-0.3, -0.25) is 0 Å². The van der Waals surface area contributed by atoms with Crippen molar-refractivity contribution in [2.24, 2.45) is 0 Å². The number of aryl methyl sites for hydroxylation is 1. The second-order valence-corrected chi connectivity index (χ2v) is 2.38. The molecule has 1 aromatic carbocycles. The fraction of sp³-hybridized carbons (Fsp3) is 0.200. The first kappa shape index (κ1) is 15.7. The molecule has 67 valence electrons. The third kappa shape index (κ3) is 6.33. The topological polar surface area (TPSA) is 0 Å². The molecule has 0 fully saturated rings. The van der Waals surface area contributed by atoms with Crippen LogP contribution in [0.25, 0.3) is 0 Å². The summed E-state index contributed by atoms with van der Waals surface area (Å²) in [6.07, 6.45) is 4.50. The maximum Gasteiger partial charge on any atom is 0.123 e. The second-order valence-electron chi connectivity index (χ2n) is 2.38. The van der Waals surface area contributed by atoms with Gasteiger partial charge in [0.2, 0.25) is 0 Å². The van der Waals surface area contributed by atoms with E-state index in [0.29, 0.717) is 0 Å². The van der Waals surface area contributed by atoms with Crippen LogP contribution in [0, 0.1) is 11.9 Å². The SMILES string of the molecule is C=[C]CCc1ccc(F)cc1.[I-].[Zn]. The first-order valence-electron chi connectivity index (χ1n) is 3.57. The number of benzene rings is 1. The van der Waals surface area contributed by atoms with E-state index in [-0.39, 0.29) is 49.3 Å². The fourth-order valence-electron chi connectivity index (χ4n) is 0.884. The molecule has 0 bridgehead atoms. The van der Waals surface area contributed by atoms with Gasteiger partial charge in [0.05, 0.1) is 0 Å². The van der Waals surface area contributed by atoms with Gasteiger partial charge in [0.15, 0.2) is 0 Å². The Morgan fingerprint density at radius 3 is 2.23 bits per heavy atom. The summed E-state index contributed by atoms with van der Waals surface area (Å²) >= 11 is 0. The van der Waals surface area contributed by atoms with Gasteiger partial charge in [0, 0.05) is 19.5 Å². The zero-order chi connectivity index (χ0) is 8.10. The number of halogens is 2. The molecule has 0 saturated heterocycles. The summed E-state index contributed by atoms with van der Waals surface area (Å²) in [4.78, 5) is 0. The molecular weight excluding hydrogens is 331 g/mol. The third-order valence-electron chi connectivity index (χ3n) is 1.50. The molecule has 0 aliphatic heterocycles. The Hall–Kier alpha value is 0.243. The van der Waals surface area contributed by atoms with Crippen LogP contribution in [0.15, 0.2) is 30.8 Å². The standard InChI is InChI=1S/C10H10F.HI.Zn/c1-2-3-4-9-5-7-10(11)8-6-9;;/h5-8H,1,3-4H2;1H;/p-1. The predicted molar refractivity (Wildman–Crippen MR) is 43.6 cm³/mol. The molecule has 0 amide bonds. The number of allylic oxidation sites excluding steroid dienone is 1. The van der Waals surface area contributed by atoms with E-state index in [1.165, 1.54) is 12.1 Å². The van der Waals surface area contributed by atoms with Crippen LogP contribution in [-0.2, 0) is 25.9 Å². The molecule has 1 rings (SSSR count). The number of hydrogen-bond acceptors (Lipinski definition) is 0. The average Bonchev–Trinajstić information content (AvgIpc) is 2.04. The molecule has 0 saturated carbocycles. The predicted octanol–water partition coefficient (Wildman–Crippen LogP) is -0.251. The van der Waals surface area contributed by atoms with Gasteiger partial charge in [-0.15, -0.1) is 0 Å². The van der Waals surface area contributed by atoms with E-state index in [4.69, 9.17) is 0 Å². The molecular formula is C10H10FIZn-. The Morgan fingerprint density at radius 1 is 1.23 bits per heavy atom. The Kier molecular flexibility index (Phi) is 10.7. The Morgan fingerprint density at radius 2 is 1.77 bits per heavy atom. The Bertz CT molecular complexity index is 233. The summed E-state index contributed by atoms with van der Waals surface area (Å²) < 4.78 is 12.4. The van der Waals surface area contributed by atoms with Crippen LogP contribution in [0.4, 0.5) is 4.39 Å². The van der Waals surface area contributed by atoms with Crippen molar-refractivity contribution in [2.75, 3.05) is 0 Å². The fourth-order valence-corrected chi connectivity index (χ4v) is 0.884. The van der Waals surface area contributed by atoms with E-state index in [9.17, 15) is 4.39 Å². The summed E-state index contributed by atoms with van der Waals surface area (Å²) in [7, 11) is 0. The van der Waals surface area contributed by atoms with Crippen molar-refractivity contribution in [1.82, 2.24) is 0 Å². The van der Waals surface area contributed by atoms with Crippen molar-refractivity contribution in [3.05, 3.63) is 48.3 Å². The van der Waals surface area contributed by atoms with E-state index in [1.54, 1.807) is 12.1 Å². The van der Waals surface area contributed by atoms with Crippen LogP contribution < -0.4 is 24.0 Å². The van der Waals surface area contributed by atoms with Crippen molar-refractivity contribution >= 4 is 0 Å². The van der Waals surface area contributed by atoms with E-state index >= 15 is 0 Å². The average molecular weight is 341 g/mol. The number of hydrogen-bond donors (Lipinski definition) is 0. The minimum absolute atomic E-state index is 0. The van der Waals surface area contributed by atoms with Gasteiger partial charge in [0.25, 0.3) is 0 Å². The molecule has 13 heavy (non-hydrogen) atoms. The van der Waals surface area contributed by atoms with E-state index in [0.717, 1.165) is 18.4 Å². The van der Waals surface area contributed by atoms with Crippen LogP contribution in [0.2, 0.25) is 0 Å². The third-order valence-corrected chi connectivity index (χ3v) is 1.50. The zero-order valence-corrected chi connectivity index (χ0v) is 12.5. The van der Waals surface area contributed by atoms with Gasteiger partial charge in [-0.25, -0.2) is 4.39 Å². The van der Waals surface area contributed by atoms with E-state index < -0.39 is 0 Å². The minimum Gasteiger partial charge on any atom is -1.00 e. The molecule has 0 heterocycles. The molecule has 0 aliphatic rings. The molecule has 1 aromatic rings. The van der Waals surface area contributed by atoms with Gasteiger partial charge in [-0.1, -0.05) is 24.8 Å². The first-order valence-corrected chi connectivity index (χ1v) is 3.57. The summed E-state index contributed by atoms with van der Waals surface area (Å²) in [5, 5.41) is 0. The van der Waals surface area contributed by atoms with Crippen LogP contribution in [0.5, 0.6) is 0 Å². The molecule has 0 spiro atoms. The van der Waals surface area contributed by atoms with E-state index in [2.05, 4.69) is 12.7 Å². The summed E-state index contributed by atoms with van der Waals surface area (Å²) in [6.45, 7) is 3.49. The molecule has 0 aromatic heterocycles. The molecule has 3 heteroatoms. The molecule has 0 aliphatic carbocycles.